The van der Waals surface area contributed by atoms with Gasteiger partial charge in [-0.15, -0.1) is 0 Å². The fourth-order valence-corrected chi connectivity index (χ4v) is 4.18. The van der Waals surface area contributed by atoms with E-state index in [0.29, 0.717) is 17.3 Å². The van der Waals surface area contributed by atoms with E-state index in [0.717, 1.165) is 42.7 Å². The smallest absolute Gasteiger partial charge is 0.337 e. The van der Waals surface area contributed by atoms with Gasteiger partial charge in [0, 0.05) is 5.69 Å². The van der Waals surface area contributed by atoms with Crippen molar-refractivity contribution in [3.8, 4) is 5.75 Å². The molecule has 154 valence electrons. The number of aryl methyl sites for hydroxylation is 1. The fraction of sp³-hybridized carbons (Fsp3) is 0.391. The lowest BCUT2D eigenvalue weighted by Crippen LogP contribution is -2.45. The van der Waals surface area contributed by atoms with E-state index in [2.05, 4.69) is 22.8 Å². The molecule has 3 rings (SSSR count). The molecule has 29 heavy (non-hydrogen) atoms. The maximum Gasteiger partial charge on any atom is 0.337 e. The zero-order chi connectivity index (χ0) is 20.9. The van der Waals surface area contributed by atoms with Crippen LogP contribution in [0.25, 0.3) is 0 Å². The van der Waals surface area contributed by atoms with Crippen LogP contribution in [0.2, 0.25) is 0 Å². The summed E-state index contributed by atoms with van der Waals surface area (Å²) in [6.07, 6.45) is 4.34. The van der Waals surface area contributed by atoms with E-state index in [1.165, 1.54) is 12.7 Å². The molecule has 2 N–H and O–H groups in total. The van der Waals surface area contributed by atoms with Gasteiger partial charge >= 0.3 is 5.97 Å². The molecule has 2 aromatic carbocycles. The molecule has 1 aliphatic carbocycles. The van der Waals surface area contributed by atoms with Gasteiger partial charge in [0.25, 0.3) is 0 Å². The highest BCUT2D eigenvalue weighted by atomic mass is 32.1. The normalized spacial score (nSPS) is 14.9. The predicted octanol–water partition coefficient (Wildman–Crippen LogP) is 4.94. The van der Waals surface area contributed by atoms with E-state index in [-0.39, 0.29) is 11.5 Å². The highest BCUT2D eigenvalue weighted by molar-refractivity contribution is 7.80. The molecule has 1 fully saturated rings. The maximum absolute atomic E-state index is 11.8. The van der Waals surface area contributed by atoms with E-state index in [1.807, 2.05) is 32.0 Å². The third kappa shape index (κ3) is 4.88. The van der Waals surface area contributed by atoms with Gasteiger partial charge in [0.1, 0.15) is 5.75 Å². The van der Waals surface area contributed by atoms with E-state index in [1.54, 1.807) is 12.1 Å². The molecule has 1 saturated carbocycles. The third-order valence-corrected chi connectivity index (χ3v) is 5.64. The summed E-state index contributed by atoms with van der Waals surface area (Å²) in [6, 6.07) is 13.7. The summed E-state index contributed by atoms with van der Waals surface area (Å²) in [5.41, 5.74) is 3.31. The van der Waals surface area contributed by atoms with Gasteiger partial charge in [0.05, 0.1) is 24.8 Å². The number of carbonyl (C=O) groups is 1. The maximum atomic E-state index is 11.8. The molecule has 2 aromatic rings. The molecule has 6 heteroatoms. The van der Waals surface area contributed by atoms with Crippen molar-refractivity contribution in [2.75, 3.05) is 19.0 Å². The standard InChI is InChI=1S/C23H28N2O3S/c1-4-28-19-11-9-18(10-12-19)23(13-5-6-14-23)25-22(29)24-20-15-17(21(26)27-3)8-7-16(20)2/h7-12,15H,4-6,13-14H2,1-3H3,(H2,24,25,29). The fourth-order valence-electron chi connectivity index (χ4n) is 3.87. The summed E-state index contributed by atoms with van der Waals surface area (Å²) in [7, 11) is 1.38. The van der Waals surface area contributed by atoms with Gasteiger partial charge in [-0.1, -0.05) is 31.0 Å². The van der Waals surface area contributed by atoms with E-state index in [4.69, 9.17) is 21.7 Å². The molecule has 0 aliphatic heterocycles. The lowest BCUT2D eigenvalue weighted by atomic mass is 9.88. The number of hydrogen-bond donors (Lipinski definition) is 2. The Morgan fingerprint density at radius 1 is 1.14 bits per heavy atom. The predicted molar refractivity (Wildman–Crippen MR) is 120 cm³/mol. The van der Waals surface area contributed by atoms with Gasteiger partial charge in [0.15, 0.2) is 5.11 Å². The first kappa shape index (κ1) is 21.1. The Labute approximate surface area is 177 Å². The number of esters is 1. The number of benzene rings is 2. The molecule has 1 aliphatic rings. The number of thiocarbonyl (C=S) groups is 1. The molecular formula is C23H28N2O3S. The summed E-state index contributed by atoms with van der Waals surface area (Å²) in [5.74, 6) is 0.508. The van der Waals surface area contributed by atoms with Crippen molar-refractivity contribution in [3.63, 3.8) is 0 Å². The van der Waals surface area contributed by atoms with Crippen LogP contribution >= 0.6 is 12.2 Å². The zero-order valence-corrected chi connectivity index (χ0v) is 18.0. The molecule has 5 nitrogen and oxygen atoms in total. The minimum Gasteiger partial charge on any atom is -0.494 e. The molecule has 0 atom stereocenters. The summed E-state index contributed by atoms with van der Waals surface area (Å²) < 4.78 is 10.4. The lowest BCUT2D eigenvalue weighted by molar-refractivity contribution is 0.0601. The van der Waals surface area contributed by atoms with Crippen molar-refractivity contribution in [2.24, 2.45) is 0 Å². The molecule has 0 spiro atoms. The van der Waals surface area contributed by atoms with Crippen molar-refractivity contribution >= 4 is 29.0 Å². The minimum absolute atomic E-state index is 0.192. The number of rotatable bonds is 6. The van der Waals surface area contributed by atoms with Crippen molar-refractivity contribution < 1.29 is 14.3 Å². The van der Waals surface area contributed by atoms with Crippen LogP contribution in [0.3, 0.4) is 0 Å². The highest BCUT2D eigenvalue weighted by Crippen LogP contribution is 2.39. The Kier molecular flexibility index (Phi) is 6.75. The van der Waals surface area contributed by atoms with Crippen LogP contribution < -0.4 is 15.4 Å². The van der Waals surface area contributed by atoms with Crippen LogP contribution in [0, 0.1) is 6.92 Å². The number of nitrogens with one attached hydrogen (secondary N) is 2. The van der Waals surface area contributed by atoms with Crippen LogP contribution in [0.15, 0.2) is 42.5 Å². The summed E-state index contributed by atoms with van der Waals surface area (Å²) >= 11 is 5.65. The molecule has 0 heterocycles. The average molecular weight is 413 g/mol. The average Bonchev–Trinajstić information content (AvgIpc) is 3.19. The molecule has 0 amide bonds. The van der Waals surface area contributed by atoms with Gasteiger partial charge in [-0.05, 0) is 74.3 Å². The number of carbonyl (C=O) groups excluding carboxylic acids is 1. The number of hydrogen-bond acceptors (Lipinski definition) is 4. The summed E-state index contributed by atoms with van der Waals surface area (Å²) in [6.45, 7) is 4.61. The van der Waals surface area contributed by atoms with Crippen molar-refractivity contribution in [1.29, 1.82) is 0 Å². The number of ether oxygens (including phenoxy) is 2. The monoisotopic (exact) mass is 412 g/mol. The SMILES string of the molecule is CCOc1ccc(C2(NC(=S)Nc3cc(C(=O)OC)ccc3C)CCCC2)cc1. The first-order chi connectivity index (χ1) is 14.0. The molecule has 0 bridgehead atoms. The lowest BCUT2D eigenvalue weighted by Gasteiger charge is -2.33. The summed E-state index contributed by atoms with van der Waals surface area (Å²) in [5, 5.41) is 7.38. The van der Waals surface area contributed by atoms with E-state index in [9.17, 15) is 4.79 Å². The second-order valence-electron chi connectivity index (χ2n) is 7.35. The second kappa shape index (κ2) is 9.27. The van der Waals surface area contributed by atoms with Crippen molar-refractivity contribution in [2.45, 2.75) is 45.1 Å². The van der Waals surface area contributed by atoms with Crippen molar-refractivity contribution in [3.05, 3.63) is 59.2 Å². The molecule has 0 radical (unpaired) electrons. The third-order valence-electron chi connectivity index (χ3n) is 5.43. The second-order valence-corrected chi connectivity index (χ2v) is 7.76. The van der Waals surface area contributed by atoms with Crippen LogP contribution in [-0.4, -0.2) is 24.8 Å². The molecule has 0 aromatic heterocycles. The molecular weight excluding hydrogens is 384 g/mol. The Bertz CT molecular complexity index is 874. The topological polar surface area (TPSA) is 59.6 Å². The van der Waals surface area contributed by atoms with Crippen LogP contribution in [0.5, 0.6) is 5.75 Å². The molecule has 0 saturated heterocycles. The van der Waals surface area contributed by atoms with Gasteiger partial charge in [-0.3, -0.25) is 0 Å². The number of methoxy groups -OCH3 is 1. The largest absolute Gasteiger partial charge is 0.494 e. The van der Waals surface area contributed by atoms with Crippen LogP contribution in [-0.2, 0) is 10.3 Å². The van der Waals surface area contributed by atoms with Gasteiger partial charge in [0.2, 0.25) is 0 Å². The first-order valence-electron chi connectivity index (χ1n) is 9.99. The van der Waals surface area contributed by atoms with Gasteiger partial charge in [-0.25, -0.2) is 4.79 Å². The minimum atomic E-state index is -0.367. The quantitative estimate of drug-likeness (QED) is 0.518. The first-order valence-corrected chi connectivity index (χ1v) is 10.4. The van der Waals surface area contributed by atoms with Crippen LogP contribution in [0.4, 0.5) is 5.69 Å². The van der Waals surface area contributed by atoms with E-state index < -0.39 is 0 Å². The summed E-state index contributed by atoms with van der Waals surface area (Å²) in [4.78, 5) is 11.8. The van der Waals surface area contributed by atoms with Crippen molar-refractivity contribution in [1.82, 2.24) is 5.32 Å². The molecule has 0 unspecified atom stereocenters. The Morgan fingerprint density at radius 3 is 2.45 bits per heavy atom. The van der Waals surface area contributed by atoms with Crippen LogP contribution in [0.1, 0.15) is 54.1 Å². The zero-order valence-electron chi connectivity index (χ0n) is 17.2. The Balaban J connectivity index is 1.78. The van der Waals surface area contributed by atoms with E-state index >= 15 is 0 Å². The van der Waals surface area contributed by atoms with Gasteiger partial charge < -0.3 is 20.1 Å². The highest BCUT2D eigenvalue weighted by Gasteiger charge is 2.36. The Morgan fingerprint density at radius 2 is 1.83 bits per heavy atom. The Hall–Kier alpha value is -2.60. The van der Waals surface area contributed by atoms with Gasteiger partial charge in [-0.2, -0.15) is 0 Å². The number of anilines is 1.